The molecule has 2 rings (SSSR count). The first-order valence-corrected chi connectivity index (χ1v) is 7.96. The number of likely N-dealkylation sites (tertiary alicyclic amines) is 1. The fourth-order valence-electron chi connectivity index (χ4n) is 2.86. The molecule has 1 heterocycles. The Morgan fingerprint density at radius 2 is 2.05 bits per heavy atom. The SMILES string of the molecule is CCc1cccc(C[C@@H]2CCCN2C(=O)OC(C)(C)C)c1. The molecule has 0 radical (unpaired) electrons. The van der Waals surface area contributed by atoms with Crippen LogP contribution >= 0.6 is 0 Å². The zero-order valence-electron chi connectivity index (χ0n) is 13.7. The van der Waals surface area contributed by atoms with E-state index < -0.39 is 5.60 Å². The van der Waals surface area contributed by atoms with Crippen LogP contribution < -0.4 is 0 Å². The Morgan fingerprint density at radius 1 is 1.33 bits per heavy atom. The first-order chi connectivity index (χ1) is 9.89. The van der Waals surface area contributed by atoms with Crippen LogP contribution in [0.25, 0.3) is 0 Å². The summed E-state index contributed by atoms with van der Waals surface area (Å²) in [4.78, 5) is 14.2. The predicted octanol–water partition coefficient (Wildman–Crippen LogP) is 4.19. The van der Waals surface area contributed by atoms with Crippen LogP contribution in [0.2, 0.25) is 0 Å². The van der Waals surface area contributed by atoms with Crippen molar-refractivity contribution in [3.63, 3.8) is 0 Å². The van der Waals surface area contributed by atoms with Crippen LogP contribution in [-0.4, -0.2) is 29.2 Å². The minimum absolute atomic E-state index is 0.170. The molecule has 0 N–H and O–H groups in total. The molecule has 0 bridgehead atoms. The number of benzene rings is 1. The van der Waals surface area contributed by atoms with Gasteiger partial charge in [-0.15, -0.1) is 0 Å². The van der Waals surface area contributed by atoms with Crippen molar-refractivity contribution < 1.29 is 9.53 Å². The highest BCUT2D eigenvalue weighted by atomic mass is 16.6. The summed E-state index contributed by atoms with van der Waals surface area (Å²) in [5.74, 6) is 0. The lowest BCUT2D eigenvalue weighted by Gasteiger charge is -2.28. The average Bonchev–Trinajstić information content (AvgIpc) is 2.85. The van der Waals surface area contributed by atoms with Crippen molar-refractivity contribution >= 4 is 6.09 Å². The zero-order chi connectivity index (χ0) is 15.5. The van der Waals surface area contributed by atoms with Gasteiger partial charge in [0.2, 0.25) is 0 Å². The molecule has 3 nitrogen and oxygen atoms in total. The van der Waals surface area contributed by atoms with E-state index in [-0.39, 0.29) is 12.1 Å². The van der Waals surface area contributed by atoms with Gasteiger partial charge in [0.05, 0.1) is 0 Å². The summed E-state index contributed by atoms with van der Waals surface area (Å²) >= 11 is 0. The lowest BCUT2D eigenvalue weighted by molar-refractivity contribution is 0.0227. The highest BCUT2D eigenvalue weighted by molar-refractivity contribution is 5.69. The van der Waals surface area contributed by atoms with E-state index in [4.69, 9.17) is 4.74 Å². The molecule has 1 saturated heterocycles. The normalized spacial score (nSPS) is 18.9. The molecule has 3 heteroatoms. The Bertz CT molecular complexity index is 490. The van der Waals surface area contributed by atoms with Gasteiger partial charge < -0.3 is 9.64 Å². The molecule has 21 heavy (non-hydrogen) atoms. The van der Waals surface area contributed by atoms with Crippen LogP contribution in [0.1, 0.15) is 51.7 Å². The van der Waals surface area contributed by atoms with E-state index in [1.165, 1.54) is 11.1 Å². The summed E-state index contributed by atoms with van der Waals surface area (Å²) in [7, 11) is 0. The summed E-state index contributed by atoms with van der Waals surface area (Å²) in [6.45, 7) is 8.73. The zero-order valence-corrected chi connectivity index (χ0v) is 13.7. The van der Waals surface area contributed by atoms with E-state index in [9.17, 15) is 4.79 Å². The van der Waals surface area contributed by atoms with E-state index in [0.717, 1.165) is 32.2 Å². The van der Waals surface area contributed by atoms with Gasteiger partial charge in [-0.05, 0) is 57.6 Å². The second-order valence-corrected chi connectivity index (χ2v) is 6.85. The molecule has 0 spiro atoms. The number of aryl methyl sites for hydroxylation is 1. The maximum Gasteiger partial charge on any atom is 0.410 e. The van der Waals surface area contributed by atoms with Crippen molar-refractivity contribution in [1.29, 1.82) is 0 Å². The number of carbonyl (C=O) groups is 1. The molecule has 0 saturated carbocycles. The lowest BCUT2D eigenvalue weighted by atomic mass is 10.0. The number of hydrogen-bond donors (Lipinski definition) is 0. The second-order valence-electron chi connectivity index (χ2n) is 6.85. The molecule has 1 aromatic carbocycles. The minimum Gasteiger partial charge on any atom is -0.444 e. The van der Waals surface area contributed by atoms with Crippen molar-refractivity contribution in [2.45, 2.75) is 65.0 Å². The standard InChI is InChI=1S/C18H27NO2/c1-5-14-8-6-9-15(12-14)13-16-10-7-11-19(16)17(20)21-18(2,3)4/h6,8-9,12,16H,5,7,10-11,13H2,1-4H3/t16-/m0/s1. The van der Waals surface area contributed by atoms with Crippen LogP contribution in [0.5, 0.6) is 0 Å². The van der Waals surface area contributed by atoms with Crippen LogP contribution in [-0.2, 0) is 17.6 Å². The maximum absolute atomic E-state index is 12.3. The van der Waals surface area contributed by atoms with Gasteiger partial charge in [-0.2, -0.15) is 0 Å². The van der Waals surface area contributed by atoms with Gasteiger partial charge in [0.1, 0.15) is 5.60 Å². The molecular weight excluding hydrogens is 262 g/mol. The van der Waals surface area contributed by atoms with Crippen LogP contribution in [0.4, 0.5) is 4.79 Å². The van der Waals surface area contributed by atoms with E-state index >= 15 is 0 Å². The van der Waals surface area contributed by atoms with Gasteiger partial charge in [0.15, 0.2) is 0 Å². The molecule has 1 aromatic rings. The number of amides is 1. The molecule has 1 aliphatic rings. The molecule has 116 valence electrons. The van der Waals surface area contributed by atoms with Crippen molar-refractivity contribution in [1.82, 2.24) is 4.90 Å². The van der Waals surface area contributed by atoms with Crippen molar-refractivity contribution in [2.24, 2.45) is 0 Å². The largest absolute Gasteiger partial charge is 0.444 e. The second kappa shape index (κ2) is 6.50. The quantitative estimate of drug-likeness (QED) is 0.835. The van der Waals surface area contributed by atoms with Crippen molar-refractivity contribution in [3.8, 4) is 0 Å². The monoisotopic (exact) mass is 289 g/mol. The predicted molar refractivity (Wildman–Crippen MR) is 85.5 cm³/mol. The fraction of sp³-hybridized carbons (Fsp3) is 0.611. The van der Waals surface area contributed by atoms with E-state index in [2.05, 4.69) is 31.2 Å². The number of nitrogens with zero attached hydrogens (tertiary/aromatic N) is 1. The van der Waals surface area contributed by atoms with Gasteiger partial charge in [0.25, 0.3) is 0 Å². The van der Waals surface area contributed by atoms with Crippen molar-refractivity contribution in [3.05, 3.63) is 35.4 Å². The van der Waals surface area contributed by atoms with E-state index in [0.29, 0.717) is 0 Å². The van der Waals surface area contributed by atoms with Gasteiger partial charge in [-0.25, -0.2) is 4.79 Å². The number of rotatable bonds is 3. The van der Waals surface area contributed by atoms with Crippen LogP contribution in [0, 0.1) is 0 Å². The van der Waals surface area contributed by atoms with Gasteiger partial charge in [0, 0.05) is 12.6 Å². The Kier molecular flexibility index (Phi) is 4.92. The minimum atomic E-state index is -0.424. The summed E-state index contributed by atoms with van der Waals surface area (Å²) in [6.07, 6.45) is 3.94. The molecule has 0 aliphatic carbocycles. The lowest BCUT2D eigenvalue weighted by Crippen LogP contribution is -2.40. The third-order valence-corrected chi connectivity index (χ3v) is 3.88. The number of hydrogen-bond acceptors (Lipinski definition) is 2. The van der Waals surface area contributed by atoms with Gasteiger partial charge >= 0.3 is 6.09 Å². The topological polar surface area (TPSA) is 29.5 Å². The average molecular weight is 289 g/mol. The van der Waals surface area contributed by atoms with E-state index in [1.54, 1.807) is 0 Å². The summed E-state index contributed by atoms with van der Waals surface area (Å²) in [5.41, 5.74) is 2.25. The number of ether oxygens (including phenoxy) is 1. The summed E-state index contributed by atoms with van der Waals surface area (Å²) in [5, 5.41) is 0. The summed E-state index contributed by atoms with van der Waals surface area (Å²) < 4.78 is 5.52. The molecule has 1 atom stereocenters. The molecule has 0 aromatic heterocycles. The Hall–Kier alpha value is -1.51. The molecule has 1 aliphatic heterocycles. The molecular formula is C18H27NO2. The highest BCUT2D eigenvalue weighted by Crippen LogP contribution is 2.24. The Morgan fingerprint density at radius 3 is 2.71 bits per heavy atom. The highest BCUT2D eigenvalue weighted by Gasteiger charge is 2.32. The first-order valence-electron chi connectivity index (χ1n) is 7.96. The maximum atomic E-state index is 12.3. The van der Waals surface area contributed by atoms with E-state index in [1.807, 2.05) is 25.7 Å². The third kappa shape index (κ3) is 4.48. The van der Waals surface area contributed by atoms with Gasteiger partial charge in [-0.1, -0.05) is 31.2 Å². The Labute approximate surface area is 128 Å². The molecule has 0 unspecified atom stereocenters. The third-order valence-electron chi connectivity index (χ3n) is 3.88. The molecule has 1 amide bonds. The van der Waals surface area contributed by atoms with Crippen LogP contribution in [0.15, 0.2) is 24.3 Å². The van der Waals surface area contributed by atoms with Gasteiger partial charge in [-0.3, -0.25) is 0 Å². The summed E-state index contributed by atoms with van der Waals surface area (Å²) in [6, 6.07) is 8.95. The van der Waals surface area contributed by atoms with Crippen LogP contribution in [0.3, 0.4) is 0 Å². The van der Waals surface area contributed by atoms with Crippen molar-refractivity contribution in [2.75, 3.05) is 6.54 Å². The molecule has 1 fully saturated rings. The Balaban J connectivity index is 2.03. The number of carbonyl (C=O) groups excluding carboxylic acids is 1. The smallest absolute Gasteiger partial charge is 0.410 e. The fourth-order valence-corrected chi connectivity index (χ4v) is 2.86. The first kappa shape index (κ1) is 15.9.